The molecular formula is C21H22ClF3N6O. The van der Waals surface area contributed by atoms with Gasteiger partial charge in [0, 0.05) is 24.7 Å². The Labute approximate surface area is 187 Å². The predicted molar refractivity (Wildman–Crippen MR) is 114 cm³/mol. The van der Waals surface area contributed by atoms with Crippen LogP contribution in [-0.4, -0.2) is 51.5 Å². The summed E-state index contributed by atoms with van der Waals surface area (Å²) in [5.74, 6) is 0.301. The summed E-state index contributed by atoms with van der Waals surface area (Å²) in [6, 6.07) is 7.26. The topological polar surface area (TPSA) is 68.1 Å². The van der Waals surface area contributed by atoms with Crippen LogP contribution in [-0.2, 0) is 0 Å². The van der Waals surface area contributed by atoms with E-state index in [1.807, 2.05) is 0 Å². The highest BCUT2D eigenvalue weighted by Gasteiger charge is 2.35. The van der Waals surface area contributed by atoms with Crippen LogP contribution in [0.15, 0.2) is 30.3 Å². The van der Waals surface area contributed by atoms with Crippen LogP contribution in [0.3, 0.4) is 0 Å². The molecule has 2 saturated heterocycles. The fourth-order valence-electron chi connectivity index (χ4n) is 4.73. The van der Waals surface area contributed by atoms with Gasteiger partial charge in [-0.2, -0.15) is 4.68 Å². The van der Waals surface area contributed by atoms with Gasteiger partial charge in [-0.15, -0.1) is 18.3 Å². The van der Waals surface area contributed by atoms with Gasteiger partial charge in [-0.05, 0) is 56.8 Å². The molecule has 2 aromatic heterocycles. The minimum Gasteiger partial charge on any atom is -0.406 e. The van der Waals surface area contributed by atoms with E-state index < -0.39 is 6.36 Å². The van der Waals surface area contributed by atoms with E-state index in [9.17, 15) is 13.2 Å². The molecule has 0 saturated carbocycles. The van der Waals surface area contributed by atoms with E-state index in [0.29, 0.717) is 27.7 Å². The molecule has 11 heteroatoms. The lowest BCUT2D eigenvalue weighted by Gasteiger charge is -2.28. The zero-order valence-corrected chi connectivity index (χ0v) is 18.0. The Kier molecular flexibility index (Phi) is 5.37. The average molecular weight is 467 g/mol. The fourth-order valence-corrected chi connectivity index (χ4v) is 5.00. The van der Waals surface area contributed by atoms with E-state index in [1.165, 1.54) is 35.7 Å². The van der Waals surface area contributed by atoms with Crippen LogP contribution in [0.5, 0.6) is 5.75 Å². The third kappa shape index (κ3) is 4.21. The van der Waals surface area contributed by atoms with Gasteiger partial charge in [-0.3, -0.25) is 0 Å². The fraction of sp³-hybridized carbons (Fsp3) is 0.476. The number of hydrogen-bond donors (Lipinski definition) is 1. The van der Waals surface area contributed by atoms with E-state index >= 15 is 0 Å². The van der Waals surface area contributed by atoms with Crippen LogP contribution < -0.4 is 15.0 Å². The Balaban J connectivity index is 1.47. The number of rotatable bonds is 3. The molecule has 2 fully saturated rings. The highest BCUT2D eigenvalue weighted by Crippen LogP contribution is 2.35. The lowest BCUT2D eigenvalue weighted by molar-refractivity contribution is -0.274. The summed E-state index contributed by atoms with van der Waals surface area (Å²) in [5, 5.41) is 12.3. The number of aromatic nitrogens is 4. The van der Waals surface area contributed by atoms with Gasteiger partial charge >= 0.3 is 6.36 Å². The van der Waals surface area contributed by atoms with E-state index in [4.69, 9.17) is 16.6 Å². The Bertz CT molecular complexity index is 1130. The number of pyridine rings is 1. The van der Waals surface area contributed by atoms with Crippen molar-refractivity contribution in [3.05, 3.63) is 35.4 Å². The van der Waals surface area contributed by atoms with Crippen molar-refractivity contribution in [1.82, 2.24) is 25.3 Å². The maximum absolute atomic E-state index is 12.6. The Hall–Kier alpha value is -2.59. The highest BCUT2D eigenvalue weighted by atomic mass is 35.5. The number of alkyl halides is 3. The molecule has 3 aromatic rings. The van der Waals surface area contributed by atoms with E-state index in [2.05, 4.69) is 25.3 Å². The number of nitrogens with one attached hydrogen (secondary N) is 1. The van der Waals surface area contributed by atoms with Gasteiger partial charge < -0.3 is 15.0 Å². The number of anilines is 1. The standard InChI is InChI=1S/C21H22ClF3N6O/c22-16-13-17-19(27-18(16)30-10-3-7-20(8-11-30)6-2-9-26-20)31(29-28-17)14-4-1-5-15(12-14)32-21(23,24)25/h1,4-5,12-13,26H,2-3,6-11H2. The molecular weight excluding hydrogens is 445 g/mol. The van der Waals surface area contributed by atoms with Crippen LogP contribution >= 0.6 is 11.6 Å². The summed E-state index contributed by atoms with van der Waals surface area (Å²) in [4.78, 5) is 6.92. The first-order valence-electron chi connectivity index (χ1n) is 10.6. The van der Waals surface area contributed by atoms with Gasteiger partial charge in [0.2, 0.25) is 0 Å². The van der Waals surface area contributed by atoms with Crippen molar-refractivity contribution in [2.24, 2.45) is 0 Å². The summed E-state index contributed by atoms with van der Waals surface area (Å²) < 4.78 is 43.3. The highest BCUT2D eigenvalue weighted by molar-refractivity contribution is 6.33. The van der Waals surface area contributed by atoms with Crippen LogP contribution in [0.2, 0.25) is 5.02 Å². The molecule has 0 radical (unpaired) electrons. The Morgan fingerprint density at radius 1 is 1.09 bits per heavy atom. The van der Waals surface area contributed by atoms with E-state index in [1.54, 1.807) is 12.1 Å². The van der Waals surface area contributed by atoms with Crippen molar-refractivity contribution in [3.63, 3.8) is 0 Å². The molecule has 4 heterocycles. The Morgan fingerprint density at radius 2 is 1.94 bits per heavy atom. The number of benzene rings is 1. The lowest BCUT2D eigenvalue weighted by atomic mass is 9.89. The molecule has 0 bridgehead atoms. The van der Waals surface area contributed by atoms with E-state index in [0.717, 1.165) is 38.9 Å². The second kappa shape index (κ2) is 8.08. The second-order valence-electron chi connectivity index (χ2n) is 8.33. The maximum Gasteiger partial charge on any atom is 0.573 e. The molecule has 5 rings (SSSR count). The SMILES string of the molecule is FC(F)(F)Oc1cccc(-n2nnc3cc(Cl)c(N4CCCC5(CCCN5)CC4)nc32)c1. The van der Waals surface area contributed by atoms with E-state index in [-0.39, 0.29) is 11.3 Å². The number of halogens is 4. The molecule has 1 unspecified atom stereocenters. The predicted octanol–water partition coefficient (Wildman–Crippen LogP) is 4.48. The van der Waals surface area contributed by atoms with Crippen molar-refractivity contribution < 1.29 is 17.9 Å². The molecule has 170 valence electrons. The van der Waals surface area contributed by atoms with Crippen LogP contribution in [0.25, 0.3) is 16.9 Å². The molecule has 0 amide bonds. The van der Waals surface area contributed by atoms with Crippen molar-refractivity contribution in [2.75, 3.05) is 24.5 Å². The van der Waals surface area contributed by atoms with Crippen molar-refractivity contribution in [1.29, 1.82) is 0 Å². The third-order valence-electron chi connectivity index (χ3n) is 6.23. The van der Waals surface area contributed by atoms with Gasteiger partial charge in [0.1, 0.15) is 17.1 Å². The first-order valence-corrected chi connectivity index (χ1v) is 11.0. The zero-order valence-electron chi connectivity index (χ0n) is 17.2. The van der Waals surface area contributed by atoms with Crippen LogP contribution in [0.4, 0.5) is 19.0 Å². The lowest BCUT2D eigenvalue weighted by Crippen LogP contribution is -2.40. The molecule has 1 N–H and O–H groups in total. The summed E-state index contributed by atoms with van der Waals surface area (Å²) in [6.07, 6.45) is 0.769. The Morgan fingerprint density at radius 3 is 2.72 bits per heavy atom. The molecule has 0 aliphatic carbocycles. The molecule has 1 spiro atoms. The minimum atomic E-state index is -4.78. The van der Waals surface area contributed by atoms with Crippen molar-refractivity contribution in [3.8, 4) is 11.4 Å². The molecule has 32 heavy (non-hydrogen) atoms. The average Bonchev–Trinajstić information content (AvgIpc) is 3.30. The minimum absolute atomic E-state index is 0.202. The largest absolute Gasteiger partial charge is 0.573 e. The smallest absolute Gasteiger partial charge is 0.406 e. The maximum atomic E-state index is 12.6. The summed E-state index contributed by atoms with van der Waals surface area (Å²) in [7, 11) is 0. The second-order valence-corrected chi connectivity index (χ2v) is 8.74. The van der Waals surface area contributed by atoms with Gasteiger partial charge in [0.15, 0.2) is 5.65 Å². The third-order valence-corrected chi connectivity index (χ3v) is 6.51. The van der Waals surface area contributed by atoms with Gasteiger partial charge in [0.05, 0.1) is 10.7 Å². The van der Waals surface area contributed by atoms with Crippen LogP contribution in [0.1, 0.15) is 32.1 Å². The summed E-state index contributed by atoms with van der Waals surface area (Å²) >= 11 is 6.55. The van der Waals surface area contributed by atoms with Crippen molar-refractivity contribution in [2.45, 2.75) is 44.0 Å². The van der Waals surface area contributed by atoms with Gasteiger partial charge in [0.25, 0.3) is 0 Å². The van der Waals surface area contributed by atoms with Crippen molar-refractivity contribution >= 4 is 28.6 Å². The number of fused-ring (bicyclic) bond motifs is 1. The first kappa shape index (κ1) is 21.3. The number of ether oxygens (including phenoxy) is 1. The van der Waals surface area contributed by atoms with Crippen LogP contribution in [0, 0.1) is 0 Å². The molecule has 2 aliphatic heterocycles. The van der Waals surface area contributed by atoms with Gasteiger partial charge in [-0.25, -0.2) is 4.98 Å². The quantitative estimate of drug-likeness (QED) is 0.614. The monoisotopic (exact) mass is 466 g/mol. The first-order chi connectivity index (χ1) is 15.3. The summed E-state index contributed by atoms with van der Waals surface area (Å²) in [5.41, 5.74) is 1.45. The molecule has 7 nitrogen and oxygen atoms in total. The zero-order chi connectivity index (χ0) is 22.3. The number of nitrogens with zero attached hydrogens (tertiary/aromatic N) is 5. The number of hydrogen-bond acceptors (Lipinski definition) is 6. The molecule has 2 aliphatic rings. The summed E-state index contributed by atoms with van der Waals surface area (Å²) in [6.45, 7) is 2.72. The van der Waals surface area contributed by atoms with Gasteiger partial charge in [-0.1, -0.05) is 22.9 Å². The normalized spacial score (nSPS) is 21.9. The molecule has 1 atom stereocenters. The molecule has 1 aromatic carbocycles.